The first-order valence-corrected chi connectivity index (χ1v) is 1.36. The maximum atomic E-state index is 9.21. The Bertz CT molecular complexity index is 76.8. The van der Waals surface area contributed by atoms with Gasteiger partial charge in [0.05, 0.1) is 0 Å². The Morgan fingerprint density at radius 2 is 2.00 bits per heavy atom. The molecular formula is CClNO3. The highest BCUT2D eigenvalue weighted by atomic mass is 35.5. The van der Waals surface area contributed by atoms with E-state index in [2.05, 4.69) is 11.6 Å². The normalized spacial score (nSPS) is 7.50. The van der Waals surface area contributed by atoms with Crippen LogP contribution in [0.2, 0.25) is 0 Å². The topological polar surface area (TPSA) is 60.2 Å². The number of nitro groups is 1. The zero-order chi connectivity index (χ0) is 5.15. The average molecular weight is 109 g/mol. The van der Waals surface area contributed by atoms with Crippen molar-refractivity contribution < 1.29 is 9.72 Å². The van der Waals surface area contributed by atoms with Crippen molar-refractivity contribution in [2.45, 2.75) is 0 Å². The molecular weight excluding hydrogens is 109 g/mol. The molecule has 0 rings (SSSR count). The molecule has 0 saturated heterocycles. The van der Waals surface area contributed by atoms with Crippen molar-refractivity contribution in [1.82, 2.24) is 0 Å². The van der Waals surface area contributed by atoms with Gasteiger partial charge in [-0.15, -0.1) is 0 Å². The minimum Gasteiger partial charge on any atom is -0.255 e. The van der Waals surface area contributed by atoms with Gasteiger partial charge in [-0.1, -0.05) is 0 Å². The van der Waals surface area contributed by atoms with Crippen LogP contribution in [0.25, 0.3) is 0 Å². The van der Waals surface area contributed by atoms with Crippen LogP contribution in [0.15, 0.2) is 0 Å². The smallest absolute Gasteiger partial charge is 0.255 e. The lowest BCUT2D eigenvalue weighted by Gasteiger charge is -1.69. The molecule has 0 aromatic rings. The van der Waals surface area contributed by atoms with Crippen molar-refractivity contribution in [3.63, 3.8) is 0 Å². The van der Waals surface area contributed by atoms with E-state index < -0.39 is 10.3 Å². The minimum atomic E-state index is -1.55. The fourth-order valence-corrected chi connectivity index (χ4v) is 0. The number of halogens is 1. The van der Waals surface area contributed by atoms with Crippen LogP contribution in [-0.2, 0) is 0 Å². The van der Waals surface area contributed by atoms with E-state index in [1.807, 2.05) is 0 Å². The van der Waals surface area contributed by atoms with Crippen molar-refractivity contribution in [1.29, 1.82) is 0 Å². The lowest BCUT2D eigenvalue weighted by atomic mass is 11.4. The van der Waals surface area contributed by atoms with Gasteiger partial charge in [0.1, 0.15) is 4.92 Å². The fraction of sp³-hybridized carbons (Fsp3) is 0. The van der Waals surface area contributed by atoms with E-state index in [0.29, 0.717) is 0 Å². The van der Waals surface area contributed by atoms with Gasteiger partial charge in [0.15, 0.2) is 0 Å². The summed E-state index contributed by atoms with van der Waals surface area (Å²) in [5.41, 5.74) is 0. The van der Waals surface area contributed by atoms with Gasteiger partial charge in [-0.3, -0.25) is 10.1 Å². The molecule has 0 heterocycles. The number of amides is 1. The van der Waals surface area contributed by atoms with Crippen molar-refractivity contribution in [2.75, 3.05) is 0 Å². The van der Waals surface area contributed by atoms with Gasteiger partial charge in [-0.2, -0.15) is 4.79 Å². The van der Waals surface area contributed by atoms with Crippen molar-refractivity contribution in [3.05, 3.63) is 10.1 Å². The van der Waals surface area contributed by atoms with Gasteiger partial charge < -0.3 is 0 Å². The number of carbonyl (C=O) groups excluding carboxylic acids is 1. The molecule has 1 amide bonds. The zero-order valence-electron chi connectivity index (χ0n) is 2.55. The first-order chi connectivity index (χ1) is 2.64. The quantitative estimate of drug-likeness (QED) is 0.198. The van der Waals surface area contributed by atoms with Gasteiger partial charge in [0, 0.05) is 11.6 Å². The summed E-state index contributed by atoms with van der Waals surface area (Å²) in [6.45, 7) is 0. The van der Waals surface area contributed by atoms with Crippen LogP contribution in [0, 0.1) is 10.1 Å². The van der Waals surface area contributed by atoms with Crippen LogP contribution in [0.3, 0.4) is 0 Å². The van der Waals surface area contributed by atoms with Crippen LogP contribution in [0.4, 0.5) is 4.79 Å². The van der Waals surface area contributed by atoms with E-state index in [4.69, 9.17) is 10.1 Å². The lowest BCUT2D eigenvalue weighted by Crippen LogP contribution is -1.98. The Morgan fingerprint density at radius 3 is 2.00 bits per heavy atom. The molecule has 0 atom stereocenters. The Morgan fingerprint density at radius 1 is 1.83 bits per heavy atom. The molecule has 4 nitrogen and oxygen atoms in total. The highest BCUT2D eigenvalue weighted by Crippen LogP contribution is 1.79. The molecule has 0 spiro atoms. The van der Waals surface area contributed by atoms with E-state index in [1.165, 1.54) is 0 Å². The highest BCUT2D eigenvalue weighted by Gasteiger charge is 2.05. The van der Waals surface area contributed by atoms with Gasteiger partial charge >= 0.3 is 5.37 Å². The first-order valence-electron chi connectivity index (χ1n) is 0.982. The predicted molar refractivity (Wildman–Crippen MR) is 18.2 cm³/mol. The third-order valence-electron chi connectivity index (χ3n) is 0.144. The molecule has 0 saturated carbocycles. The Kier molecular flexibility index (Phi) is 1.53. The molecule has 0 unspecified atom stereocenters. The molecule has 0 bridgehead atoms. The lowest BCUT2D eigenvalue weighted by molar-refractivity contribution is -0.362. The zero-order valence-corrected chi connectivity index (χ0v) is 3.31. The van der Waals surface area contributed by atoms with Crippen LogP contribution in [-0.4, -0.2) is 10.3 Å². The van der Waals surface area contributed by atoms with E-state index in [0.717, 1.165) is 0 Å². The number of rotatable bonds is 0. The largest absolute Gasteiger partial charge is 0.544 e. The molecule has 0 aliphatic rings. The Labute approximate surface area is 37.9 Å². The Hall–Kier alpha value is -0.640. The fourth-order valence-electron chi connectivity index (χ4n) is 0. The summed E-state index contributed by atoms with van der Waals surface area (Å²) in [6, 6.07) is 0. The second kappa shape index (κ2) is 1.71. The third-order valence-corrected chi connectivity index (χ3v) is 0.282. The summed E-state index contributed by atoms with van der Waals surface area (Å²) in [5, 5.41) is 7.48. The molecule has 0 radical (unpaired) electrons. The maximum absolute atomic E-state index is 9.21. The predicted octanol–water partition coefficient (Wildman–Crippen LogP) is 0.622. The summed E-state index contributed by atoms with van der Waals surface area (Å²) >= 11 is 4.27. The van der Waals surface area contributed by atoms with Crippen molar-refractivity contribution >= 4 is 17.0 Å². The second-order valence-corrected chi connectivity index (χ2v) is 0.833. The summed E-state index contributed by atoms with van der Waals surface area (Å²) in [4.78, 5) is 17.0. The number of nitrogens with zero attached hydrogens (tertiary/aromatic N) is 1. The van der Waals surface area contributed by atoms with Crippen molar-refractivity contribution in [2.24, 2.45) is 0 Å². The van der Waals surface area contributed by atoms with E-state index in [1.54, 1.807) is 0 Å². The molecule has 34 valence electrons. The van der Waals surface area contributed by atoms with Gasteiger partial charge in [-0.25, -0.2) is 0 Å². The van der Waals surface area contributed by atoms with Crippen molar-refractivity contribution in [3.8, 4) is 0 Å². The van der Waals surface area contributed by atoms with Gasteiger partial charge in [0.2, 0.25) is 0 Å². The average Bonchev–Trinajstić information content (AvgIpc) is 1.36. The summed E-state index contributed by atoms with van der Waals surface area (Å²) < 4.78 is 0. The molecule has 0 aliphatic carbocycles. The van der Waals surface area contributed by atoms with Gasteiger partial charge in [0.25, 0.3) is 0 Å². The summed E-state index contributed by atoms with van der Waals surface area (Å²) in [5.74, 6) is 0. The number of carbonyl (C=O) groups is 1. The van der Waals surface area contributed by atoms with E-state index >= 15 is 0 Å². The van der Waals surface area contributed by atoms with Crippen LogP contribution in [0.5, 0.6) is 0 Å². The van der Waals surface area contributed by atoms with E-state index in [-0.39, 0.29) is 0 Å². The monoisotopic (exact) mass is 109 g/mol. The Balaban J connectivity index is 3.57. The highest BCUT2D eigenvalue weighted by molar-refractivity contribution is 6.60. The van der Waals surface area contributed by atoms with Crippen LogP contribution in [0.1, 0.15) is 0 Å². The first kappa shape index (κ1) is 5.36. The third kappa shape index (κ3) is 1.66. The minimum absolute atomic E-state index is 1.21. The maximum Gasteiger partial charge on any atom is 0.544 e. The molecule has 0 aliphatic heterocycles. The summed E-state index contributed by atoms with van der Waals surface area (Å²) in [7, 11) is 0. The van der Waals surface area contributed by atoms with Crippen LogP contribution < -0.4 is 0 Å². The van der Waals surface area contributed by atoms with Gasteiger partial charge in [-0.05, 0) is 0 Å². The molecule has 0 aromatic heterocycles. The standard InChI is InChI=1S/CClNO3/c2-1(4)3(5)6. The molecule has 6 heavy (non-hydrogen) atoms. The molecule has 5 heteroatoms. The summed E-state index contributed by atoms with van der Waals surface area (Å²) in [6.07, 6.45) is 0. The number of hydrogen-bond donors (Lipinski definition) is 0. The van der Waals surface area contributed by atoms with E-state index in [9.17, 15) is 4.79 Å². The molecule has 0 fully saturated rings. The van der Waals surface area contributed by atoms with Crippen LogP contribution >= 0.6 is 11.6 Å². The SMILES string of the molecule is O=C(Cl)[N+](=O)[O-]. The molecule has 0 aromatic carbocycles. The second-order valence-electron chi connectivity index (χ2n) is 0.510. The molecule has 0 N–H and O–H groups in total. The number of hydrogen-bond acceptors (Lipinski definition) is 3.